The molecule has 1 aromatic rings. The van der Waals surface area contributed by atoms with E-state index in [9.17, 15) is 9.59 Å². The van der Waals surface area contributed by atoms with Gasteiger partial charge in [-0.15, -0.1) is 0 Å². The Morgan fingerprint density at radius 2 is 2.00 bits per heavy atom. The van der Waals surface area contributed by atoms with Gasteiger partial charge in [-0.25, -0.2) is 0 Å². The van der Waals surface area contributed by atoms with E-state index in [1.165, 1.54) is 0 Å². The number of amides is 2. The molecule has 2 fully saturated rings. The molecule has 0 bridgehead atoms. The second-order valence-electron chi connectivity index (χ2n) is 7.10. The van der Waals surface area contributed by atoms with Crippen LogP contribution in [0.15, 0.2) is 24.3 Å². The summed E-state index contributed by atoms with van der Waals surface area (Å²) in [5.74, 6) is -0.0583. The minimum atomic E-state index is -0.0734. The Labute approximate surface area is 149 Å². The normalized spacial score (nSPS) is 24.1. The van der Waals surface area contributed by atoms with Gasteiger partial charge < -0.3 is 19.9 Å². The van der Waals surface area contributed by atoms with Crippen molar-refractivity contribution in [3.05, 3.63) is 29.8 Å². The molecule has 0 spiro atoms. The lowest BCUT2D eigenvalue weighted by atomic mass is 10.0. The van der Waals surface area contributed by atoms with Crippen molar-refractivity contribution >= 4 is 17.5 Å². The number of likely N-dealkylation sites (N-methyl/N-ethyl adjacent to an activating group) is 2. The van der Waals surface area contributed by atoms with Crippen LogP contribution in [-0.2, 0) is 9.53 Å². The van der Waals surface area contributed by atoms with Crippen LogP contribution in [0.2, 0.25) is 0 Å². The van der Waals surface area contributed by atoms with Crippen molar-refractivity contribution in [2.45, 2.75) is 25.3 Å². The van der Waals surface area contributed by atoms with Crippen LogP contribution in [0.3, 0.4) is 0 Å². The first kappa shape index (κ1) is 17.9. The molecule has 6 heteroatoms. The van der Waals surface area contributed by atoms with Crippen LogP contribution in [-0.4, -0.2) is 68.1 Å². The number of ether oxygens (including phenoxy) is 1. The Hall–Kier alpha value is -1.92. The summed E-state index contributed by atoms with van der Waals surface area (Å²) in [5, 5.41) is 2.90. The molecular weight excluding hydrogens is 318 g/mol. The van der Waals surface area contributed by atoms with Crippen molar-refractivity contribution in [3.63, 3.8) is 0 Å². The maximum Gasteiger partial charge on any atom is 0.253 e. The Morgan fingerprint density at radius 3 is 2.64 bits per heavy atom. The van der Waals surface area contributed by atoms with Gasteiger partial charge in [0.15, 0.2) is 0 Å². The van der Waals surface area contributed by atoms with Crippen LogP contribution >= 0.6 is 0 Å². The van der Waals surface area contributed by atoms with Crippen molar-refractivity contribution in [1.82, 2.24) is 9.80 Å². The van der Waals surface area contributed by atoms with Crippen molar-refractivity contribution < 1.29 is 14.3 Å². The number of carbonyl (C=O) groups is 2. The molecule has 6 nitrogen and oxygen atoms in total. The highest BCUT2D eigenvalue weighted by atomic mass is 16.5. The maximum atomic E-state index is 12.7. The number of piperidine rings is 1. The van der Waals surface area contributed by atoms with Crippen molar-refractivity contribution in [3.8, 4) is 0 Å². The zero-order valence-electron chi connectivity index (χ0n) is 15.0. The Bertz CT molecular complexity index is 611. The highest BCUT2D eigenvalue weighted by molar-refractivity contribution is 5.96. The topological polar surface area (TPSA) is 61.9 Å². The molecule has 1 aromatic carbocycles. The molecule has 136 valence electrons. The number of nitrogens with zero attached hydrogens (tertiary/aromatic N) is 2. The van der Waals surface area contributed by atoms with Gasteiger partial charge in [0.2, 0.25) is 5.91 Å². The monoisotopic (exact) mass is 345 g/mol. The lowest BCUT2D eigenvalue weighted by Gasteiger charge is -2.35. The summed E-state index contributed by atoms with van der Waals surface area (Å²) in [6, 6.07) is 7.41. The molecule has 2 atom stereocenters. The number of benzene rings is 1. The van der Waals surface area contributed by atoms with Crippen LogP contribution < -0.4 is 5.32 Å². The summed E-state index contributed by atoms with van der Waals surface area (Å²) in [4.78, 5) is 28.9. The molecule has 2 aliphatic heterocycles. The average molecular weight is 345 g/mol. The van der Waals surface area contributed by atoms with E-state index in [-0.39, 0.29) is 23.8 Å². The zero-order valence-corrected chi connectivity index (χ0v) is 15.0. The van der Waals surface area contributed by atoms with Gasteiger partial charge in [0.05, 0.1) is 12.5 Å². The minimum absolute atomic E-state index is 0.0149. The number of nitrogens with one attached hydrogen (secondary N) is 1. The van der Waals surface area contributed by atoms with Crippen LogP contribution in [0.4, 0.5) is 5.69 Å². The van der Waals surface area contributed by atoms with Gasteiger partial charge >= 0.3 is 0 Å². The predicted molar refractivity (Wildman–Crippen MR) is 96.6 cm³/mol. The number of carbonyl (C=O) groups excluding carboxylic acids is 2. The third-order valence-electron chi connectivity index (χ3n) is 5.17. The second kappa shape index (κ2) is 7.97. The number of hydrogen-bond acceptors (Lipinski definition) is 4. The van der Waals surface area contributed by atoms with Gasteiger partial charge in [-0.1, -0.05) is 0 Å². The van der Waals surface area contributed by atoms with E-state index >= 15 is 0 Å². The maximum absolute atomic E-state index is 12.7. The molecule has 2 saturated heterocycles. The quantitative estimate of drug-likeness (QED) is 0.904. The van der Waals surface area contributed by atoms with Gasteiger partial charge in [0, 0.05) is 37.5 Å². The third-order valence-corrected chi connectivity index (χ3v) is 5.17. The Balaban J connectivity index is 1.59. The minimum Gasteiger partial charge on any atom is -0.381 e. The summed E-state index contributed by atoms with van der Waals surface area (Å²) in [5.41, 5.74) is 1.37. The van der Waals surface area contributed by atoms with Gasteiger partial charge in [0.1, 0.15) is 0 Å². The van der Waals surface area contributed by atoms with Gasteiger partial charge in [-0.2, -0.15) is 0 Å². The van der Waals surface area contributed by atoms with Gasteiger partial charge in [-0.3, -0.25) is 9.59 Å². The number of likely N-dealkylation sites (tertiary alicyclic amines) is 1. The van der Waals surface area contributed by atoms with Crippen molar-refractivity contribution in [2.24, 2.45) is 5.92 Å². The smallest absolute Gasteiger partial charge is 0.253 e. The van der Waals surface area contributed by atoms with Crippen LogP contribution in [0.1, 0.15) is 29.6 Å². The lowest BCUT2D eigenvalue weighted by Crippen LogP contribution is -2.47. The largest absolute Gasteiger partial charge is 0.381 e. The Morgan fingerprint density at radius 1 is 1.24 bits per heavy atom. The summed E-state index contributed by atoms with van der Waals surface area (Å²) in [6.45, 7) is 3.15. The zero-order chi connectivity index (χ0) is 17.8. The van der Waals surface area contributed by atoms with E-state index in [1.54, 1.807) is 24.3 Å². The molecular formula is C19H27N3O3. The highest BCUT2D eigenvalue weighted by Gasteiger charge is 2.26. The summed E-state index contributed by atoms with van der Waals surface area (Å²) < 4.78 is 5.24. The standard InChI is InChI=1S/C19H27N3O3/c1-21-10-3-4-17(12-21)22(2)19(24)14-5-7-16(8-6-14)20-18(23)15-9-11-25-13-15/h5-8,15,17H,3-4,9-13H2,1-2H3,(H,20,23)/t15-,17-/m1/s1. The molecule has 0 unspecified atom stereocenters. The highest BCUT2D eigenvalue weighted by Crippen LogP contribution is 2.19. The van der Waals surface area contributed by atoms with E-state index in [2.05, 4.69) is 17.3 Å². The summed E-state index contributed by atoms with van der Waals surface area (Å²) in [7, 11) is 3.97. The molecule has 25 heavy (non-hydrogen) atoms. The van der Waals surface area contributed by atoms with E-state index in [4.69, 9.17) is 4.74 Å². The van der Waals surface area contributed by atoms with Crippen molar-refractivity contribution in [1.29, 1.82) is 0 Å². The fourth-order valence-electron chi connectivity index (χ4n) is 3.51. The first-order chi connectivity index (χ1) is 12.0. The number of anilines is 1. The third kappa shape index (κ3) is 4.38. The molecule has 0 radical (unpaired) electrons. The second-order valence-corrected chi connectivity index (χ2v) is 7.10. The van der Waals surface area contributed by atoms with Crippen molar-refractivity contribution in [2.75, 3.05) is 45.7 Å². The first-order valence-electron chi connectivity index (χ1n) is 8.99. The average Bonchev–Trinajstić information content (AvgIpc) is 3.16. The molecule has 2 aliphatic rings. The van der Waals surface area contributed by atoms with E-state index in [0.717, 1.165) is 32.4 Å². The molecule has 0 saturated carbocycles. The van der Waals surface area contributed by atoms with Gasteiger partial charge in [-0.05, 0) is 57.1 Å². The van der Waals surface area contributed by atoms with E-state index in [1.807, 2.05) is 11.9 Å². The number of hydrogen-bond donors (Lipinski definition) is 1. The summed E-state index contributed by atoms with van der Waals surface area (Å²) in [6.07, 6.45) is 2.93. The number of rotatable bonds is 4. The molecule has 1 N–H and O–H groups in total. The van der Waals surface area contributed by atoms with Crippen LogP contribution in [0.5, 0.6) is 0 Å². The first-order valence-corrected chi connectivity index (χ1v) is 8.99. The Kier molecular flexibility index (Phi) is 5.71. The SMILES string of the molecule is CN1CCC[C@@H](N(C)C(=O)c2ccc(NC(=O)[C@@H]3CCOC3)cc2)C1. The van der Waals surface area contributed by atoms with Crippen LogP contribution in [0.25, 0.3) is 0 Å². The van der Waals surface area contributed by atoms with E-state index in [0.29, 0.717) is 24.5 Å². The fourth-order valence-corrected chi connectivity index (χ4v) is 3.51. The molecule has 2 heterocycles. The molecule has 0 aromatic heterocycles. The predicted octanol–water partition coefficient (Wildman–Crippen LogP) is 1.83. The van der Waals surface area contributed by atoms with Crippen LogP contribution in [0, 0.1) is 5.92 Å². The van der Waals surface area contributed by atoms with Gasteiger partial charge in [0.25, 0.3) is 5.91 Å². The fraction of sp³-hybridized carbons (Fsp3) is 0.579. The molecule has 2 amide bonds. The summed E-state index contributed by atoms with van der Waals surface area (Å²) >= 11 is 0. The molecule has 0 aliphatic carbocycles. The van der Waals surface area contributed by atoms with E-state index < -0.39 is 0 Å². The molecule has 3 rings (SSSR count). The lowest BCUT2D eigenvalue weighted by molar-refractivity contribution is -0.119.